The van der Waals surface area contributed by atoms with E-state index in [0.29, 0.717) is 6.04 Å². The predicted molar refractivity (Wildman–Crippen MR) is 88.9 cm³/mol. The van der Waals surface area contributed by atoms with E-state index in [-0.39, 0.29) is 0 Å². The van der Waals surface area contributed by atoms with Crippen LogP contribution in [0.15, 0.2) is 36.5 Å². The molecule has 1 unspecified atom stereocenters. The molecule has 0 radical (unpaired) electrons. The molecular formula is C19H24N2. The zero-order chi connectivity index (χ0) is 14.7. The standard InChI is InChI=1S/C19H24N2/c1-3-15-5-9-18(20-13-15)10-6-16-7-11-19-17(12-16)8-4-14(2)21-19/h5,7,9,11-14,21H,3-4,6,8,10H2,1-2H3. The van der Waals surface area contributed by atoms with Crippen LogP contribution in [0.4, 0.5) is 5.69 Å². The van der Waals surface area contributed by atoms with Crippen molar-refractivity contribution in [2.45, 2.75) is 52.0 Å². The average Bonchev–Trinajstić information content (AvgIpc) is 2.53. The second-order valence-corrected chi connectivity index (χ2v) is 6.09. The fourth-order valence-electron chi connectivity index (χ4n) is 2.94. The van der Waals surface area contributed by atoms with Crippen LogP contribution in [0, 0.1) is 0 Å². The lowest BCUT2D eigenvalue weighted by atomic mass is 9.95. The summed E-state index contributed by atoms with van der Waals surface area (Å²) in [6.45, 7) is 4.42. The number of nitrogens with one attached hydrogen (secondary N) is 1. The molecule has 110 valence electrons. The van der Waals surface area contributed by atoms with Crippen LogP contribution in [0.5, 0.6) is 0 Å². The van der Waals surface area contributed by atoms with Crippen LogP contribution in [0.25, 0.3) is 0 Å². The quantitative estimate of drug-likeness (QED) is 0.909. The number of aryl methyl sites for hydroxylation is 4. The van der Waals surface area contributed by atoms with Gasteiger partial charge in [0.15, 0.2) is 0 Å². The minimum Gasteiger partial charge on any atom is -0.382 e. The van der Waals surface area contributed by atoms with Crippen molar-refractivity contribution in [3.8, 4) is 0 Å². The third-order valence-corrected chi connectivity index (χ3v) is 4.38. The highest BCUT2D eigenvalue weighted by molar-refractivity contribution is 5.55. The number of hydrogen-bond acceptors (Lipinski definition) is 2. The topological polar surface area (TPSA) is 24.9 Å². The number of anilines is 1. The van der Waals surface area contributed by atoms with Crippen molar-refractivity contribution < 1.29 is 0 Å². The lowest BCUT2D eigenvalue weighted by Crippen LogP contribution is -2.21. The van der Waals surface area contributed by atoms with Gasteiger partial charge in [-0.15, -0.1) is 0 Å². The number of benzene rings is 1. The summed E-state index contributed by atoms with van der Waals surface area (Å²) in [6, 6.07) is 11.8. The van der Waals surface area contributed by atoms with Gasteiger partial charge in [-0.25, -0.2) is 0 Å². The Hall–Kier alpha value is -1.83. The van der Waals surface area contributed by atoms with Gasteiger partial charge in [0.2, 0.25) is 0 Å². The second-order valence-electron chi connectivity index (χ2n) is 6.09. The van der Waals surface area contributed by atoms with Gasteiger partial charge >= 0.3 is 0 Å². The van der Waals surface area contributed by atoms with Gasteiger partial charge in [0.1, 0.15) is 0 Å². The minimum atomic E-state index is 0.602. The molecule has 0 bridgehead atoms. The molecule has 2 aromatic rings. The number of hydrogen-bond donors (Lipinski definition) is 1. The summed E-state index contributed by atoms with van der Waals surface area (Å²) in [7, 11) is 0. The monoisotopic (exact) mass is 280 g/mol. The van der Waals surface area contributed by atoms with E-state index in [1.807, 2.05) is 6.20 Å². The van der Waals surface area contributed by atoms with Gasteiger partial charge in [0.05, 0.1) is 0 Å². The van der Waals surface area contributed by atoms with Crippen molar-refractivity contribution in [1.82, 2.24) is 4.98 Å². The fourth-order valence-corrected chi connectivity index (χ4v) is 2.94. The molecule has 1 aliphatic rings. The fraction of sp³-hybridized carbons (Fsp3) is 0.421. The lowest BCUT2D eigenvalue weighted by Gasteiger charge is -2.24. The summed E-state index contributed by atoms with van der Waals surface area (Å²) < 4.78 is 0. The summed E-state index contributed by atoms with van der Waals surface area (Å²) in [5.74, 6) is 0. The molecule has 1 atom stereocenters. The predicted octanol–water partition coefficient (Wildman–Crippen LogP) is 4.18. The average molecular weight is 280 g/mol. The van der Waals surface area contributed by atoms with E-state index in [9.17, 15) is 0 Å². The molecule has 2 heterocycles. The zero-order valence-electron chi connectivity index (χ0n) is 13.0. The van der Waals surface area contributed by atoms with Gasteiger partial charge in [-0.3, -0.25) is 4.98 Å². The maximum atomic E-state index is 4.55. The van der Waals surface area contributed by atoms with E-state index in [1.165, 1.54) is 40.9 Å². The molecule has 1 aromatic carbocycles. The summed E-state index contributed by atoms with van der Waals surface area (Å²) in [4.78, 5) is 4.55. The van der Waals surface area contributed by atoms with Gasteiger partial charge in [-0.1, -0.05) is 25.1 Å². The molecule has 0 spiro atoms. The first kappa shape index (κ1) is 14.1. The first-order valence-electron chi connectivity index (χ1n) is 8.06. The number of fused-ring (bicyclic) bond motifs is 1. The Balaban J connectivity index is 1.65. The molecule has 21 heavy (non-hydrogen) atoms. The third-order valence-electron chi connectivity index (χ3n) is 4.38. The van der Waals surface area contributed by atoms with Gasteiger partial charge < -0.3 is 5.32 Å². The van der Waals surface area contributed by atoms with E-state index >= 15 is 0 Å². The number of rotatable bonds is 4. The third kappa shape index (κ3) is 3.44. The normalized spacial score (nSPS) is 17.1. The Morgan fingerprint density at radius 2 is 2.00 bits per heavy atom. The van der Waals surface area contributed by atoms with Gasteiger partial charge in [0.25, 0.3) is 0 Å². The molecule has 0 amide bonds. The van der Waals surface area contributed by atoms with Crippen molar-refractivity contribution in [2.24, 2.45) is 0 Å². The Morgan fingerprint density at radius 1 is 1.14 bits per heavy atom. The van der Waals surface area contributed by atoms with Crippen molar-refractivity contribution in [2.75, 3.05) is 5.32 Å². The van der Waals surface area contributed by atoms with E-state index in [1.54, 1.807) is 0 Å². The molecule has 0 fully saturated rings. The largest absolute Gasteiger partial charge is 0.382 e. The van der Waals surface area contributed by atoms with Gasteiger partial charge in [0, 0.05) is 23.6 Å². The van der Waals surface area contributed by atoms with Crippen LogP contribution in [0.2, 0.25) is 0 Å². The highest BCUT2D eigenvalue weighted by Gasteiger charge is 2.13. The highest BCUT2D eigenvalue weighted by atomic mass is 14.9. The molecule has 2 heteroatoms. The van der Waals surface area contributed by atoms with Crippen LogP contribution in [-0.2, 0) is 25.7 Å². The van der Waals surface area contributed by atoms with Crippen LogP contribution >= 0.6 is 0 Å². The first-order valence-corrected chi connectivity index (χ1v) is 8.06. The Kier molecular flexibility index (Phi) is 4.23. The SMILES string of the molecule is CCc1ccc(CCc2ccc3c(c2)CCC(C)N3)nc1. The molecule has 0 saturated carbocycles. The summed E-state index contributed by atoms with van der Waals surface area (Å²) in [6.07, 6.45) is 7.59. The molecule has 0 aliphatic carbocycles. The Bertz CT molecular complexity index is 601. The molecule has 1 aromatic heterocycles. The first-order chi connectivity index (χ1) is 10.2. The number of aromatic nitrogens is 1. The maximum absolute atomic E-state index is 4.55. The van der Waals surface area contributed by atoms with Crippen LogP contribution < -0.4 is 5.32 Å². The van der Waals surface area contributed by atoms with E-state index in [4.69, 9.17) is 0 Å². The van der Waals surface area contributed by atoms with E-state index in [0.717, 1.165) is 19.3 Å². The van der Waals surface area contributed by atoms with Crippen LogP contribution in [0.3, 0.4) is 0 Å². The van der Waals surface area contributed by atoms with E-state index in [2.05, 4.69) is 54.5 Å². The Morgan fingerprint density at radius 3 is 2.76 bits per heavy atom. The molecule has 1 N–H and O–H groups in total. The highest BCUT2D eigenvalue weighted by Crippen LogP contribution is 2.26. The second kappa shape index (κ2) is 6.30. The van der Waals surface area contributed by atoms with E-state index < -0.39 is 0 Å². The van der Waals surface area contributed by atoms with Crippen LogP contribution in [0.1, 0.15) is 42.7 Å². The summed E-state index contributed by atoms with van der Waals surface area (Å²) in [5.41, 5.74) is 6.72. The lowest BCUT2D eigenvalue weighted by molar-refractivity contribution is 0.680. The Labute approximate surface area is 127 Å². The molecule has 0 saturated heterocycles. The summed E-state index contributed by atoms with van der Waals surface area (Å²) >= 11 is 0. The van der Waals surface area contributed by atoms with Crippen molar-refractivity contribution in [3.05, 3.63) is 58.9 Å². The molecular weight excluding hydrogens is 256 g/mol. The zero-order valence-corrected chi connectivity index (χ0v) is 13.0. The molecule has 2 nitrogen and oxygen atoms in total. The van der Waals surface area contributed by atoms with Crippen molar-refractivity contribution in [3.63, 3.8) is 0 Å². The summed E-state index contributed by atoms with van der Waals surface area (Å²) in [5, 5.41) is 3.56. The van der Waals surface area contributed by atoms with Gasteiger partial charge in [-0.2, -0.15) is 0 Å². The van der Waals surface area contributed by atoms with Crippen molar-refractivity contribution >= 4 is 5.69 Å². The smallest absolute Gasteiger partial charge is 0.0407 e. The van der Waals surface area contributed by atoms with Crippen molar-refractivity contribution in [1.29, 1.82) is 0 Å². The number of pyridine rings is 1. The maximum Gasteiger partial charge on any atom is 0.0407 e. The van der Waals surface area contributed by atoms with Crippen LogP contribution in [-0.4, -0.2) is 11.0 Å². The number of nitrogens with zero attached hydrogens (tertiary/aromatic N) is 1. The van der Waals surface area contributed by atoms with Gasteiger partial charge in [-0.05, 0) is 67.9 Å². The molecule has 1 aliphatic heterocycles. The molecule has 3 rings (SSSR count). The minimum absolute atomic E-state index is 0.602.